The first-order valence-electron chi connectivity index (χ1n) is 5.91. The number of carbonyl (C=O) groups is 1. The molecule has 0 atom stereocenters. The van der Waals surface area contributed by atoms with Crippen molar-refractivity contribution in [2.45, 2.75) is 32.9 Å². The van der Waals surface area contributed by atoms with Crippen molar-refractivity contribution in [3.8, 4) is 0 Å². The van der Waals surface area contributed by atoms with Crippen molar-refractivity contribution in [3.63, 3.8) is 0 Å². The Morgan fingerprint density at radius 3 is 2.72 bits per heavy atom. The Labute approximate surface area is 106 Å². The zero-order valence-corrected chi connectivity index (χ0v) is 10.8. The van der Waals surface area contributed by atoms with Crippen LogP contribution >= 0.6 is 0 Å². The van der Waals surface area contributed by atoms with Crippen LogP contribution in [0.5, 0.6) is 0 Å². The maximum atomic E-state index is 13.5. The summed E-state index contributed by atoms with van der Waals surface area (Å²) in [5, 5.41) is 3.43. The third-order valence-electron chi connectivity index (χ3n) is 2.59. The number of hydrogen-bond donors (Lipinski definition) is 1. The molecular weight excluding hydrogens is 231 g/mol. The zero-order chi connectivity index (χ0) is 13.3. The lowest BCUT2D eigenvalue weighted by Crippen LogP contribution is -2.42. The molecule has 0 bridgehead atoms. The monoisotopic (exact) mass is 248 g/mol. The molecule has 1 aromatic heterocycles. The highest BCUT2D eigenvalue weighted by Crippen LogP contribution is 2.18. The van der Waals surface area contributed by atoms with Gasteiger partial charge in [0.15, 0.2) is 0 Å². The van der Waals surface area contributed by atoms with E-state index in [2.05, 4.69) is 5.32 Å². The van der Waals surface area contributed by atoms with Crippen LogP contribution < -0.4 is 5.32 Å². The summed E-state index contributed by atoms with van der Waals surface area (Å²) in [6.07, 6.45) is 1.73. The molecule has 0 spiro atoms. The maximum Gasteiger partial charge on any atom is 0.240 e. The minimum Gasteiger partial charge on any atom is -0.350 e. The summed E-state index contributed by atoms with van der Waals surface area (Å²) in [6, 6.07) is 6.57. The maximum absolute atomic E-state index is 13.5. The van der Waals surface area contributed by atoms with Crippen LogP contribution in [0.2, 0.25) is 0 Å². The Hall–Kier alpha value is -1.84. The molecule has 1 aromatic carbocycles. The summed E-state index contributed by atoms with van der Waals surface area (Å²) >= 11 is 0. The Balaban J connectivity index is 2.23. The van der Waals surface area contributed by atoms with Gasteiger partial charge in [0.2, 0.25) is 5.91 Å². The lowest BCUT2D eigenvalue weighted by molar-refractivity contribution is -0.123. The van der Waals surface area contributed by atoms with E-state index in [1.54, 1.807) is 22.9 Å². The molecule has 0 saturated carbocycles. The van der Waals surface area contributed by atoms with Gasteiger partial charge in [0.25, 0.3) is 0 Å². The number of nitrogens with one attached hydrogen (secondary N) is 1. The first-order valence-corrected chi connectivity index (χ1v) is 5.91. The van der Waals surface area contributed by atoms with E-state index in [4.69, 9.17) is 0 Å². The molecule has 3 nitrogen and oxygen atoms in total. The summed E-state index contributed by atoms with van der Waals surface area (Å²) < 4.78 is 15.2. The summed E-state index contributed by atoms with van der Waals surface area (Å²) in [5.74, 6) is -0.341. The molecule has 0 aliphatic heterocycles. The molecule has 1 amide bonds. The van der Waals surface area contributed by atoms with Gasteiger partial charge in [0.05, 0.1) is 5.52 Å². The molecule has 0 aliphatic carbocycles. The van der Waals surface area contributed by atoms with Crippen LogP contribution in [0.1, 0.15) is 20.8 Å². The number of hydrogen-bond acceptors (Lipinski definition) is 1. The first-order chi connectivity index (χ1) is 8.37. The second kappa shape index (κ2) is 4.44. The Kier molecular flexibility index (Phi) is 3.11. The van der Waals surface area contributed by atoms with Crippen molar-refractivity contribution < 1.29 is 9.18 Å². The van der Waals surface area contributed by atoms with Crippen LogP contribution in [-0.4, -0.2) is 16.0 Å². The average molecular weight is 248 g/mol. The quantitative estimate of drug-likeness (QED) is 0.871. The normalized spacial score (nSPS) is 11.8. The van der Waals surface area contributed by atoms with E-state index in [1.165, 1.54) is 6.07 Å². The van der Waals surface area contributed by atoms with Crippen LogP contribution in [0.4, 0.5) is 4.39 Å². The van der Waals surface area contributed by atoms with E-state index < -0.39 is 0 Å². The molecule has 0 fully saturated rings. The van der Waals surface area contributed by atoms with E-state index in [-0.39, 0.29) is 23.8 Å². The van der Waals surface area contributed by atoms with E-state index in [1.807, 2.05) is 26.8 Å². The molecular formula is C14H17FN2O. The standard InChI is InChI=1S/C14H17FN2O/c1-14(2,3)16-13(18)9-17-8-7-10-11(15)5-4-6-12(10)17/h4-8H,9H2,1-3H3,(H,16,18). The fraction of sp³-hybridized carbons (Fsp3) is 0.357. The molecule has 0 unspecified atom stereocenters. The number of halogens is 1. The molecule has 2 aromatic rings. The second-order valence-corrected chi connectivity index (χ2v) is 5.41. The van der Waals surface area contributed by atoms with Crippen LogP contribution in [0, 0.1) is 5.82 Å². The van der Waals surface area contributed by atoms with Gasteiger partial charge in [-0.05, 0) is 39.0 Å². The molecule has 18 heavy (non-hydrogen) atoms. The summed E-state index contributed by atoms with van der Waals surface area (Å²) in [7, 11) is 0. The number of nitrogens with zero attached hydrogens (tertiary/aromatic N) is 1. The molecule has 0 aliphatic rings. The van der Waals surface area contributed by atoms with E-state index in [0.717, 1.165) is 5.52 Å². The van der Waals surface area contributed by atoms with Crippen LogP contribution in [0.25, 0.3) is 10.9 Å². The Morgan fingerprint density at radius 1 is 1.33 bits per heavy atom. The first kappa shape index (κ1) is 12.6. The fourth-order valence-corrected chi connectivity index (χ4v) is 1.94. The molecule has 0 radical (unpaired) electrons. The third-order valence-corrected chi connectivity index (χ3v) is 2.59. The Morgan fingerprint density at radius 2 is 2.06 bits per heavy atom. The molecule has 2 rings (SSSR count). The highest BCUT2D eigenvalue weighted by atomic mass is 19.1. The van der Waals surface area contributed by atoms with Crippen LogP contribution in [-0.2, 0) is 11.3 Å². The highest BCUT2D eigenvalue weighted by molar-refractivity contribution is 5.83. The molecule has 96 valence electrons. The second-order valence-electron chi connectivity index (χ2n) is 5.41. The third kappa shape index (κ3) is 2.70. The largest absolute Gasteiger partial charge is 0.350 e. The van der Waals surface area contributed by atoms with Gasteiger partial charge in [0.1, 0.15) is 12.4 Å². The Bertz CT molecular complexity index is 581. The zero-order valence-electron chi connectivity index (χ0n) is 10.8. The summed E-state index contributed by atoms with van der Waals surface area (Å²) in [4.78, 5) is 11.8. The van der Waals surface area contributed by atoms with Gasteiger partial charge in [0, 0.05) is 17.1 Å². The van der Waals surface area contributed by atoms with Crippen molar-refractivity contribution in [1.29, 1.82) is 0 Å². The number of benzene rings is 1. The number of carbonyl (C=O) groups excluding carboxylic acids is 1. The van der Waals surface area contributed by atoms with Crippen molar-refractivity contribution in [2.24, 2.45) is 0 Å². The molecule has 4 heteroatoms. The minimum absolute atomic E-state index is 0.0794. The van der Waals surface area contributed by atoms with Gasteiger partial charge in [-0.25, -0.2) is 4.39 Å². The topological polar surface area (TPSA) is 34.0 Å². The predicted octanol–water partition coefficient (Wildman–Crippen LogP) is 2.70. The lowest BCUT2D eigenvalue weighted by Gasteiger charge is -2.20. The molecule has 1 heterocycles. The summed E-state index contributed by atoms with van der Waals surface area (Å²) in [6.45, 7) is 5.99. The lowest BCUT2D eigenvalue weighted by atomic mass is 10.1. The van der Waals surface area contributed by atoms with Crippen molar-refractivity contribution in [3.05, 3.63) is 36.3 Å². The van der Waals surface area contributed by atoms with Crippen LogP contribution in [0.15, 0.2) is 30.5 Å². The number of rotatable bonds is 2. The van der Waals surface area contributed by atoms with Gasteiger partial charge in [-0.1, -0.05) is 6.07 Å². The van der Waals surface area contributed by atoms with Crippen molar-refractivity contribution in [1.82, 2.24) is 9.88 Å². The SMILES string of the molecule is CC(C)(C)NC(=O)Cn1ccc2c(F)cccc21. The van der Waals surface area contributed by atoms with E-state index >= 15 is 0 Å². The van der Waals surface area contributed by atoms with Gasteiger partial charge in [-0.3, -0.25) is 4.79 Å². The average Bonchev–Trinajstić information content (AvgIpc) is 2.60. The van der Waals surface area contributed by atoms with Gasteiger partial charge in [-0.2, -0.15) is 0 Å². The minimum atomic E-state index is -0.262. The molecule has 0 saturated heterocycles. The number of aromatic nitrogens is 1. The predicted molar refractivity (Wildman–Crippen MR) is 69.8 cm³/mol. The fourth-order valence-electron chi connectivity index (χ4n) is 1.94. The van der Waals surface area contributed by atoms with Gasteiger partial charge in [-0.15, -0.1) is 0 Å². The van der Waals surface area contributed by atoms with Crippen molar-refractivity contribution >= 4 is 16.8 Å². The number of amides is 1. The van der Waals surface area contributed by atoms with Gasteiger partial charge < -0.3 is 9.88 Å². The summed E-state index contributed by atoms with van der Waals surface area (Å²) in [5.41, 5.74) is 0.477. The van der Waals surface area contributed by atoms with Gasteiger partial charge >= 0.3 is 0 Å². The van der Waals surface area contributed by atoms with Crippen molar-refractivity contribution in [2.75, 3.05) is 0 Å². The smallest absolute Gasteiger partial charge is 0.240 e. The van der Waals surface area contributed by atoms with Crippen LogP contribution in [0.3, 0.4) is 0 Å². The molecule has 1 N–H and O–H groups in total. The highest BCUT2D eigenvalue weighted by Gasteiger charge is 2.14. The van der Waals surface area contributed by atoms with E-state index in [0.29, 0.717) is 5.39 Å². The number of fused-ring (bicyclic) bond motifs is 1. The van der Waals surface area contributed by atoms with E-state index in [9.17, 15) is 9.18 Å².